The van der Waals surface area contributed by atoms with Crippen molar-refractivity contribution in [3.05, 3.63) is 23.8 Å². The standard InChI is InChI=1S/C13H18N2O4S/c1-19-12-5-4-11(20(14,17)18)6-10(12)7-13(16)15-8-9-2-3-9/h4-6,9H,2-3,7-8H2,1H3,(H,15,16)(H2,14,17,18). The number of hydrogen-bond acceptors (Lipinski definition) is 4. The van der Waals surface area contributed by atoms with Gasteiger partial charge in [-0.2, -0.15) is 0 Å². The van der Waals surface area contributed by atoms with Gasteiger partial charge in [0.15, 0.2) is 0 Å². The van der Waals surface area contributed by atoms with E-state index in [0.717, 1.165) is 12.8 Å². The maximum absolute atomic E-state index is 11.8. The maximum atomic E-state index is 11.8. The van der Waals surface area contributed by atoms with E-state index < -0.39 is 10.0 Å². The molecule has 0 aromatic heterocycles. The minimum Gasteiger partial charge on any atom is -0.496 e. The van der Waals surface area contributed by atoms with Gasteiger partial charge >= 0.3 is 0 Å². The Kier molecular flexibility index (Phi) is 4.29. The van der Waals surface area contributed by atoms with Crippen molar-refractivity contribution < 1.29 is 17.9 Å². The fraction of sp³-hybridized carbons (Fsp3) is 0.462. The molecule has 7 heteroatoms. The quantitative estimate of drug-likeness (QED) is 0.794. The van der Waals surface area contributed by atoms with Gasteiger partial charge in [0.05, 0.1) is 18.4 Å². The second-order valence-corrected chi connectivity index (χ2v) is 6.50. The van der Waals surface area contributed by atoms with Crippen LogP contribution in [0.5, 0.6) is 5.75 Å². The Morgan fingerprint density at radius 2 is 2.15 bits per heavy atom. The summed E-state index contributed by atoms with van der Waals surface area (Å²) in [4.78, 5) is 11.8. The fourth-order valence-electron chi connectivity index (χ4n) is 1.89. The number of methoxy groups -OCH3 is 1. The highest BCUT2D eigenvalue weighted by Gasteiger charge is 2.22. The van der Waals surface area contributed by atoms with E-state index in [0.29, 0.717) is 23.8 Å². The van der Waals surface area contributed by atoms with Crippen LogP contribution in [0.3, 0.4) is 0 Å². The molecule has 1 aromatic rings. The van der Waals surface area contributed by atoms with Gasteiger partial charge in [0.25, 0.3) is 0 Å². The molecule has 1 fully saturated rings. The summed E-state index contributed by atoms with van der Waals surface area (Å²) >= 11 is 0. The van der Waals surface area contributed by atoms with Crippen LogP contribution in [0, 0.1) is 5.92 Å². The van der Waals surface area contributed by atoms with Crippen LogP contribution in [0.1, 0.15) is 18.4 Å². The van der Waals surface area contributed by atoms with Gasteiger partial charge < -0.3 is 10.1 Å². The van der Waals surface area contributed by atoms with Gasteiger partial charge in [-0.25, -0.2) is 13.6 Å². The maximum Gasteiger partial charge on any atom is 0.238 e. The van der Waals surface area contributed by atoms with Crippen molar-refractivity contribution in [2.24, 2.45) is 11.1 Å². The van der Waals surface area contributed by atoms with Crippen LogP contribution in [-0.2, 0) is 21.2 Å². The highest BCUT2D eigenvalue weighted by atomic mass is 32.2. The molecular formula is C13H18N2O4S. The molecule has 1 saturated carbocycles. The van der Waals surface area contributed by atoms with E-state index in [1.807, 2.05) is 0 Å². The Balaban J connectivity index is 2.12. The number of ether oxygens (including phenoxy) is 1. The van der Waals surface area contributed by atoms with Crippen molar-refractivity contribution in [1.82, 2.24) is 5.32 Å². The van der Waals surface area contributed by atoms with Crippen LogP contribution >= 0.6 is 0 Å². The van der Waals surface area contributed by atoms with Crippen molar-refractivity contribution in [3.63, 3.8) is 0 Å². The van der Waals surface area contributed by atoms with Gasteiger partial charge in [0.1, 0.15) is 5.75 Å². The highest BCUT2D eigenvalue weighted by Crippen LogP contribution is 2.27. The molecular weight excluding hydrogens is 280 g/mol. The lowest BCUT2D eigenvalue weighted by Gasteiger charge is -2.10. The number of rotatable bonds is 6. The van der Waals surface area contributed by atoms with Crippen LogP contribution in [0.15, 0.2) is 23.1 Å². The molecule has 3 N–H and O–H groups in total. The van der Waals surface area contributed by atoms with Gasteiger partial charge in [-0.1, -0.05) is 0 Å². The number of benzene rings is 1. The molecule has 0 saturated heterocycles. The zero-order valence-corrected chi connectivity index (χ0v) is 12.1. The van der Waals surface area contributed by atoms with Crippen molar-refractivity contribution in [3.8, 4) is 5.75 Å². The molecule has 0 spiro atoms. The molecule has 0 bridgehead atoms. The second-order valence-electron chi connectivity index (χ2n) is 4.94. The van der Waals surface area contributed by atoms with Crippen molar-refractivity contribution in [2.45, 2.75) is 24.2 Å². The molecule has 1 aliphatic rings. The molecule has 1 aliphatic carbocycles. The van der Waals surface area contributed by atoms with Crippen molar-refractivity contribution in [1.29, 1.82) is 0 Å². The third kappa shape index (κ3) is 3.94. The predicted octanol–water partition coefficient (Wildman–Crippen LogP) is 0.411. The largest absolute Gasteiger partial charge is 0.496 e. The average molecular weight is 298 g/mol. The summed E-state index contributed by atoms with van der Waals surface area (Å²) in [6.07, 6.45) is 2.38. The number of carbonyl (C=O) groups excluding carboxylic acids is 1. The number of sulfonamides is 1. The van der Waals surface area contributed by atoms with Crippen LogP contribution in [0.25, 0.3) is 0 Å². The predicted molar refractivity (Wildman–Crippen MR) is 73.8 cm³/mol. The Morgan fingerprint density at radius 1 is 1.45 bits per heavy atom. The summed E-state index contributed by atoms with van der Waals surface area (Å²) in [5, 5.41) is 7.91. The van der Waals surface area contributed by atoms with Gasteiger partial charge in [0, 0.05) is 12.1 Å². The summed E-state index contributed by atoms with van der Waals surface area (Å²) in [5.74, 6) is 0.914. The number of amides is 1. The summed E-state index contributed by atoms with van der Waals surface area (Å²) in [7, 11) is -2.32. The third-order valence-corrected chi connectivity index (χ3v) is 4.13. The number of nitrogens with two attached hydrogens (primary N) is 1. The van der Waals surface area contributed by atoms with Crippen LogP contribution in [-0.4, -0.2) is 28.0 Å². The molecule has 20 heavy (non-hydrogen) atoms. The van der Waals surface area contributed by atoms with E-state index in [1.54, 1.807) is 0 Å². The molecule has 1 aromatic carbocycles. The first kappa shape index (κ1) is 14.8. The lowest BCUT2D eigenvalue weighted by Crippen LogP contribution is -2.27. The van der Waals surface area contributed by atoms with E-state index in [-0.39, 0.29) is 17.2 Å². The lowest BCUT2D eigenvalue weighted by atomic mass is 10.1. The molecule has 0 unspecified atom stereocenters. The number of nitrogens with one attached hydrogen (secondary N) is 1. The average Bonchev–Trinajstić information content (AvgIpc) is 3.19. The van der Waals surface area contributed by atoms with Crippen LogP contribution in [0.2, 0.25) is 0 Å². The van der Waals surface area contributed by atoms with Gasteiger partial charge in [-0.15, -0.1) is 0 Å². The second kappa shape index (κ2) is 5.80. The van der Waals surface area contributed by atoms with Gasteiger partial charge in [-0.05, 0) is 37.0 Å². The molecule has 2 rings (SSSR count). The zero-order chi connectivity index (χ0) is 14.8. The Bertz CT molecular complexity index is 609. The molecule has 0 aliphatic heterocycles. The van der Waals surface area contributed by atoms with Crippen LogP contribution < -0.4 is 15.2 Å². The van der Waals surface area contributed by atoms with Gasteiger partial charge in [0.2, 0.25) is 15.9 Å². The number of carbonyl (C=O) groups is 1. The number of hydrogen-bond donors (Lipinski definition) is 2. The fourth-order valence-corrected chi connectivity index (χ4v) is 2.45. The Morgan fingerprint density at radius 3 is 2.70 bits per heavy atom. The minimum atomic E-state index is -3.79. The Labute approximate surface area is 118 Å². The first-order chi connectivity index (χ1) is 9.40. The van der Waals surface area contributed by atoms with E-state index in [1.165, 1.54) is 25.3 Å². The summed E-state index contributed by atoms with van der Waals surface area (Å²) < 4.78 is 27.8. The van der Waals surface area contributed by atoms with Crippen molar-refractivity contribution >= 4 is 15.9 Å². The first-order valence-electron chi connectivity index (χ1n) is 6.36. The van der Waals surface area contributed by atoms with Crippen molar-refractivity contribution in [2.75, 3.05) is 13.7 Å². The molecule has 0 radical (unpaired) electrons. The summed E-state index contributed by atoms with van der Waals surface area (Å²) in [5.41, 5.74) is 0.507. The van der Waals surface area contributed by atoms with Crippen LogP contribution in [0.4, 0.5) is 0 Å². The van der Waals surface area contributed by atoms with E-state index in [4.69, 9.17) is 9.88 Å². The summed E-state index contributed by atoms with van der Waals surface area (Å²) in [6, 6.07) is 4.24. The Hall–Kier alpha value is -1.60. The van der Waals surface area contributed by atoms with Gasteiger partial charge in [-0.3, -0.25) is 4.79 Å². The number of primary sulfonamides is 1. The topological polar surface area (TPSA) is 98.5 Å². The SMILES string of the molecule is COc1ccc(S(N)(=O)=O)cc1CC(=O)NCC1CC1. The molecule has 0 heterocycles. The van der Waals surface area contributed by atoms with E-state index in [2.05, 4.69) is 5.32 Å². The third-order valence-electron chi connectivity index (χ3n) is 3.22. The lowest BCUT2D eigenvalue weighted by molar-refractivity contribution is -0.120. The molecule has 1 amide bonds. The molecule has 110 valence electrons. The zero-order valence-electron chi connectivity index (χ0n) is 11.3. The minimum absolute atomic E-state index is 0.0247. The molecule has 0 atom stereocenters. The van der Waals surface area contributed by atoms with E-state index in [9.17, 15) is 13.2 Å². The monoisotopic (exact) mass is 298 g/mol. The summed E-state index contributed by atoms with van der Waals surface area (Å²) in [6.45, 7) is 0.677. The normalized spacial score (nSPS) is 14.9. The highest BCUT2D eigenvalue weighted by molar-refractivity contribution is 7.89. The van der Waals surface area contributed by atoms with E-state index >= 15 is 0 Å². The first-order valence-corrected chi connectivity index (χ1v) is 7.91. The smallest absolute Gasteiger partial charge is 0.238 e. The molecule has 6 nitrogen and oxygen atoms in total.